The highest BCUT2D eigenvalue weighted by atomic mass is 35.5. The third-order valence-corrected chi connectivity index (χ3v) is 3.81. The number of halogens is 4. The van der Waals surface area contributed by atoms with E-state index in [4.69, 9.17) is 23.2 Å². The standard InChI is InChI=1S/C15H13Cl2F2N/c1-8-5-11(13(17)7-14(8)19)15(20-2)10-4-3-9(18)6-12(10)16/h3-7,15,20H,1-2H3. The highest BCUT2D eigenvalue weighted by Gasteiger charge is 2.19. The molecule has 1 unspecified atom stereocenters. The first kappa shape index (κ1) is 15.2. The van der Waals surface area contributed by atoms with Gasteiger partial charge in [-0.2, -0.15) is 0 Å². The third kappa shape index (κ3) is 2.95. The van der Waals surface area contributed by atoms with Gasteiger partial charge in [0, 0.05) is 10.0 Å². The van der Waals surface area contributed by atoms with Crippen molar-refractivity contribution in [1.82, 2.24) is 5.32 Å². The van der Waals surface area contributed by atoms with E-state index < -0.39 is 5.82 Å². The molecule has 0 spiro atoms. The number of rotatable bonds is 3. The quantitative estimate of drug-likeness (QED) is 0.850. The van der Waals surface area contributed by atoms with E-state index in [1.807, 2.05) is 0 Å². The zero-order chi connectivity index (χ0) is 14.9. The molecule has 0 saturated carbocycles. The van der Waals surface area contributed by atoms with Crippen LogP contribution < -0.4 is 5.32 Å². The molecular weight excluding hydrogens is 303 g/mol. The minimum absolute atomic E-state index is 0.294. The Bertz CT molecular complexity index is 644. The highest BCUT2D eigenvalue weighted by molar-refractivity contribution is 6.32. The van der Waals surface area contributed by atoms with Crippen LogP contribution >= 0.6 is 23.2 Å². The Kier molecular flexibility index (Phi) is 4.63. The summed E-state index contributed by atoms with van der Waals surface area (Å²) in [6.07, 6.45) is 0. The van der Waals surface area contributed by atoms with Gasteiger partial charge in [0.1, 0.15) is 11.6 Å². The second-order valence-corrected chi connectivity index (χ2v) is 5.32. The van der Waals surface area contributed by atoms with Gasteiger partial charge in [-0.3, -0.25) is 0 Å². The lowest BCUT2D eigenvalue weighted by molar-refractivity contribution is 0.613. The van der Waals surface area contributed by atoms with Gasteiger partial charge in [0.15, 0.2) is 0 Å². The topological polar surface area (TPSA) is 12.0 Å². The number of aryl methyl sites for hydroxylation is 1. The molecule has 0 amide bonds. The van der Waals surface area contributed by atoms with Crippen LogP contribution in [0.3, 0.4) is 0 Å². The second-order valence-electron chi connectivity index (χ2n) is 4.51. The molecule has 5 heteroatoms. The van der Waals surface area contributed by atoms with E-state index in [1.54, 1.807) is 26.1 Å². The maximum atomic E-state index is 13.5. The van der Waals surface area contributed by atoms with Crippen LogP contribution in [-0.2, 0) is 0 Å². The molecule has 106 valence electrons. The number of benzene rings is 2. The van der Waals surface area contributed by atoms with E-state index in [1.165, 1.54) is 18.2 Å². The zero-order valence-corrected chi connectivity index (χ0v) is 12.5. The molecule has 0 bridgehead atoms. The lowest BCUT2D eigenvalue weighted by atomic mass is 9.97. The number of nitrogens with one attached hydrogen (secondary N) is 1. The van der Waals surface area contributed by atoms with Crippen molar-refractivity contribution in [1.29, 1.82) is 0 Å². The van der Waals surface area contributed by atoms with Gasteiger partial charge in [-0.25, -0.2) is 8.78 Å². The Morgan fingerprint density at radius 1 is 1.00 bits per heavy atom. The fourth-order valence-electron chi connectivity index (χ4n) is 2.11. The van der Waals surface area contributed by atoms with Gasteiger partial charge in [0.2, 0.25) is 0 Å². The summed E-state index contributed by atoms with van der Waals surface area (Å²) in [6.45, 7) is 1.66. The van der Waals surface area contributed by atoms with Crippen LogP contribution in [0.4, 0.5) is 8.78 Å². The van der Waals surface area contributed by atoms with Crippen LogP contribution in [0, 0.1) is 18.6 Å². The summed E-state index contributed by atoms with van der Waals surface area (Å²) in [6, 6.07) is 6.76. The molecule has 2 aromatic carbocycles. The SMILES string of the molecule is CNC(c1ccc(F)cc1Cl)c1cc(C)c(F)cc1Cl. The first-order valence-electron chi connectivity index (χ1n) is 6.01. The Morgan fingerprint density at radius 2 is 1.65 bits per heavy atom. The van der Waals surface area contributed by atoms with Crippen molar-refractivity contribution in [3.8, 4) is 0 Å². The molecule has 0 heterocycles. The summed E-state index contributed by atoms with van der Waals surface area (Å²) in [5.41, 5.74) is 1.87. The van der Waals surface area contributed by atoms with Gasteiger partial charge < -0.3 is 5.32 Å². The second kappa shape index (κ2) is 6.08. The molecule has 0 radical (unpaired) electrons. The lowest BCUT2D eigenvalue weighted by Gasteiger charge is -2.20. The normalized spacial score (nSPS) is 12.5. The van der Waals surface area contributed by atoms with Crippen LogP contribution in [0.15, 0.2) is 30.3 Å². The largest absolute Gasteiger partial charge is 0.309 e. The van der Waals surface area contributed by atoms with Gasteiger partial charge in [-0.15, -0.1) is 0 Å². The molecule has 1 atom stereocenters. The summed E-state index contributed by atoms with van der Waals surface area (Å²) in [7, 11) is 1.74. The maximum absolute atomic E-state index is 13.5. The van der Waals surface area contributed by atoms with Gasteiger partial charge in [0.25, 0.3) is 0 Å². The van der Waals surface area contributed by atoms with Crippen LogP contribution in [0.2, 0.25) is 10.0 Å². The number of hydrogen-bond acceptors (Lipinski definition) is 1. The molecule has 0 saturated heterocycles. The van der Waals surface area contributed by atoms with Crippen molar-refractivity contribution in [2.24, 2.45) is 0 Å². The summed E-state index contributed by atoms with van der Waals surface area (Å²) >= 11 is 12.2. The smallest absolute Gasteiger partial charge is 0.127 e. The lowest BCUT2D eigenvalue weighted by Crippen LogP contribution is -2.19. The molecule has 0 aromatic heterocycles. The molecular formula is C15H13Cl2F2N. The molecule has 1 N–H and O–H groups in total. The van der Waals surface area contributed by atoms with Gasteiger partial charge >= 0.3 is 0 Å². The van der Waals surface area contributed by atoms with Crippen molar-refractivity contribution in [2.45, 2.75) is 13.0 Å². The highest BCUT2D eigenvalue weighted by Crippen LogP contribution is 2.33. The van der Waals surface area contributed by atoms with E-state index in [9.17, 15) is 8.78 Å². The predicted molar refractivity (Wildman–Crippen MR) is 78.5 cm³/mol. The summed E-state index contributed by atoms with van der Waals surface area (Å²) < 4.78 is 26.6. The third-order valence-electron chi connectivity index (χ3n) is 3.15. The van der Waals surface area contributed by atoms with Gasteiger partial charge in [-0.05, 0) is 54.9 Å². The zero-order valence-electron chi connectivity index (χ0n) is 11.0. The van der Waals surface area contributed by atoms with Gasteiger partial charge in [0.05, 0.1) is 6.04 Å². The van der Waals surface area contributed by atoms with Gasteiger partial charge in [-0.1, -0.05) is 29.3 Å². The average molecular weight is 316 g/mol. The maximum Gasteiger partial charge on any atom is 0.127 e. The molecule has 2 rings (SSSR count). The molecule has 1 nitrogen and oxygen atoms in total. The first-order chi connectivity index (χ1) is 9.43. The Morgan fingerprint density at radius 3 is 2.25 bits per heavy atom. The molecule has 0 aliphatic carbocycles. The van der Waals surface area contributed by atoms with Crippen molar-refractivity contribution < 1.29 is 8.78 Å². The summed E-state index contributed by atoms with van der Waals surface area (Å²) in [4.78, 5) is 0. The predicted octanol–water partition coefficient (Wildman–Crippen LogP) is 4.89. The van der Waals surface area contributed by atoms with E-state index in [0.717, 1.165) is 0 Å². The number of hydrogen-bond donors (Lipinski definition) is 1. The van der Waals surface area contributed by atoms with Crippen LogP contribution in [-0.4, -0.2) is 7.05 Å². The van der Waals surface area contributed by atoms with E-state index >= 15 is 0 Å². The molecule has 0 aliphatic rings. The Hall–Kier alpha value is -1.16. The van der Waals surface area contributed by atoms with Crippen molar-refractivity contribution >= 4 is 23.2 Å². The summed E-state index contributed by atoms with van der Waals surface area (Å²) in [5.74, 6) is -0.770. The monoisotopic (exact) mass is 315 g/mol. The average Bonchev–Trinajstić information content (AvgIpc) is 2.38. The molecule has 20 heavy (non-hydrogen) atoms. The Labute approximate surface area is 126 Å². The van der Waals surface area contributed by atoms with E-state index in [0.29, 0.717) is 26.7 Å². The van der Waals surface area contributed by atoms with Crippen LogP contribution in [0.5, 0.6) is 0 Å². The molecule has 2 aromatic rings. The van der Waals surface area contributed by atoms with Crippen molar-refractivity contribution in [3.05, 3.63) is 68.7 Å². The first-order valence-corrected chi connectivity index (χ1v) is 6.77. The fraction of sp³-hybridized carbons (Fsp3) is 0.200. The minimum Gasteiger partial charge on any atom is -0.309 e. The van der Waals surface area contributed by atoms with Crippen molar-refractivity contribution in [2.75, 3.05) is 7.05 Å². The van der Waals surface area contributed by atoms with E-state index in [2.05, 4.69) is 5.32 Å². The minimum atomic E-state index is -0.407. The molecule has 0 fully saturated rings. The Balaban J connectivity index is 2.55. The molecule has 0 aliphatic heterocycles. The fourth-order valence-corrected chi connectivity index (χ4v) is 2.65. The summed E-state index contributed by atoms with van der Waals surface area (Å²) in [5, 5.41) is 3.66. The van der Waals surface area contributed by atoms with Crippen LogP contribution in [0.25, 0.3) is 0 Å². The van der Waals surface area contributed by atoms with Crippen LogP contribution in [0.1, 0.15) is 22.7 Å². The van der Waals surface area contributed by atoms with E-state index in [-0.39, 0.29) is 11.9 Å². The van der Waals surface area contributed by atoms with Crippen molar-refractivity contribution in [3.63, 3.8) is 0 Å².